The molecule has 0 fully saturated rings. The number of furan rings is 1. The molecule has 0 spiro atoms. The number of benzene rings is 9. The molecule has 9 aromatic carbocycles. The van der Waals surface area contributed by atoms with E-state index in [1.54, 1.807) is 0 Å². The minimum absolute atomic E-state index is 0.675. The molecule has 0 unspecified atom stereocenters. The van der Waals surface area contributed by atoms with E-state index in [2.05, 4.69) is 188 Å². The van der Waals surface area contributed by atoms with E-state index < -0.39 is 0 Å². The molecule has 12 rings (SSSR count). The molecular weight excluding hydrogens is 773 g/mol. The topological polar surface area (TPSA) is 38.9 Å². The predicted octanol–water partition coefficient (Wildman–Crippen LogP) is 16.4. The van der Waals surface area contributed by atoms with Crippen LogP contribution >= 0.6 is 11.3 Å². The van der Waals surface area contributed by atoms with Crippen LogP contribution in [0.5, 0.6) is 0 Å². The summed E-state index contributed by atoms with van der Waals surface area (Å²) >= 11 is 1.84. The number of hydrogen-bond acceptors (Lipinski definition) is 4. The third-order valence-corrected chi connectivity index (χ3v) is 13.0. The molecule has 0 saturated carbocycles. The van der Waals surface area contributed by atoms with Gasteiger partial charge in [0.2, 0.25) is 0 Å². The second-order valence-electron chi connectivity index (χ2n) is 15.8. The van der Waals surface area contributed by atoms with Gasteiger partial charge in [-0.1, -0.05) is 140 Å². The first-order chi connectivity index (χ1) is 30.7. The maximum Gasteiger partial charge on any atom is 0.160 e. The third kappa shape index (κ3) is 6.55. The molecule has 12 aromatic rings. The first-order valence-electron chi connectivity index (χ1n) is 20.9. The fourth-order valence-corrected chi connectivity index (χ4v) is 9.84. The lowest BCUT2D eigenvalue weighted by Gasteiger charge is -2.15. The molecule has 3 aromatic heterocycles. The summed E-state index contributed by atoms with van der Waals surface area (Å²) in [6.45, 7) is 0. The number of fused-ring (bicyclic) bond motifs is 6. The van der Waals surface area contributed by atoms with Crippen molar-refractivity contribution in [2.24, 2.45) is 0 Å². The summed E-state index contributed by atoms with van der Waals surface area (Å²) in [6, 6.07) is 77.7. The third-order valence-electron chi connectivity index (χ3n) is 11.9. The minimum Gasteiger partial charge on any atom is -0.456 e. The molecule has 3 nitrogen and oxygen atoms in total. The minimum atomic E-state index is 0.675. The van der Waals surface area contributed by atoms with Crippen LogP contribution in [0.1, 0.15) is 0 Å². The average Bonchev–Trinajstić information content (AvgIpc) is 3.92. The normalized spacial score (nSPS) is 11.5. The van der Waals surface area contributed by atoms with Crippen molar-refractivity contribution in [1.82, 2.24) is 9.97 Å². The highest BCUT2D eigenvalue weighted by Gasteiger charge is 2.17. The van der Waals surface area contributed by atoms with Crippen molar-refractivity contribution in [1.29, 1.82) is 0 Å². The lowest BCUT2D eigenvalue weighted by molar-refractivity contribution is 0.669. The van der Waals surface area contributed by atoms with Gasteiger partial charge in [-0.05, 0) is 123 Å². The second kappa shape index (κ2) is 15.0. The van der Waals surface area contributed by atoms with Crippen LogP contribution in [0.15, 0.2) is 223 Å². The molecule has 0 N–H and O–H groups in total. The SMILES string of the molecule is c1ccc(-c2cc(-c3ccc4oc5ccccc5c4c3)cc(-c3cc(-c4cc(-c5ccccc5)cc(-c5ccc6sc7ccccc7c6c5)c4)nc(-c4ccccc4)n3)c2)cc1. The first kappa shape index (κ1) is 36.0. The highest BCUT2D eigenvalue weighted by atomic mass is 32.1. The number of aromatic nitrogens is 2. The van der Waals surface area contributed by atoms with Gasteiger partial charge in [-0.2, -0.15) is 0 Å². The Hall–Kier alpha value is -7.92. The van der Waals surface area contributed by atoms with E-state index in [9.17, 15) is 0 Å². The van der Waals surface area contributed by atoms with Gasteiger partial charge in [0.15, 0.2) is 5.82 Å². The molecule has 0 aliphatic heterocycles. The molecular formula is C58H36N2OS. The lowest BCUT2D eigenvalue weighted by atomic mass is 9.92. The molecule has 0 radical (unpaired) electrons. The molecule has 290 valence electrons. The van der Waals surface area contributed by atoms with Gasteiger partial charge in [-0.3, -0.25) is 0 Å². The molecule has 0 saturated heterocycles. The van der Waals surface area contributed by atoms with Gasteiger partial charge < -0.3 is 4.42 Å². The van der Waals surface area contributed by atoms with E-state index in [1.807, 2.05) is 41.7 Å². The summed E-state index contributed by atoms with van der Waals surface area (Å²) in [6.07, 6.45) is 0. The Bertz CT molecular complexity index is 3410. The van der Waals surface area contributed by atoms with Gasteiger partial charge in [-0.15, -0.1) is 11.3 Å². The maximum absolute atomic E-state index is 6.23. The zero-order valence-electron chi connectivity index (χ0n) is 33.5. The summed E-state index contributed by atoms with van der Waals surface area (Å²) in [5.41, 5.74) is 15.5. The van der Waals surface area contributed by atoms with Gasteiger partial charge in [0.05, 0.1) is 11.4 Å². The molecule has 0 aliphatic rings. The standard InChI is InChI=1S/C58H36N2OS/c1-4-14-37(15-5-1)42-28-44(40-24-26-55-50(34-40)48-20-10-12-22-54(48)61-55)32-46(30-42)52-36-53(60-58(59-52)39-18-8-3-9-19-39)47-31-43(38-16-6-2-7-17-38)29-45(33-47)41-25-27-57-51(35-41)49-21-11-13-23-56(49)62-57/h1-36H. The lowest BCUT2D eigenvalue weighted by Crippen LogP contribution is -1.97. The highest BCUT2D eigenvalue weighted by molar-refractivity contribution is 7.25. The quantitative estimate of drug-likeness (QED) is 0.161. The van der Waals surface area contributed by atoms with Crippen molar-refractivity contribution in [2.45, 2.75) is 0 Å². The van der Waals surface area contributed by atoms with Crippen LogP contribution in [0.2, 0.25) is 0 Å². The second-order valence-corrected chi connectivity index (χ2v) is 16.9. The molecule has 62 heavy (non-hydrogen) atoms. The largest absolute Gasteiger partial charge is 0.456 e. The average molecular weight is 809 g/mol. The van der Waals surface area contributed by atoms with Gasteiger partial charge in [0.1, 0.15) is 11.2 Å². The molecule has 0 bridgehead atoms. The van der Waals surface area contributed by atoms with Crippen LogP contribution in [0.25, 0.3) is 121 Å². The van der Waals surface area contributed by atoms with E-state index >= 15 is 0 Å². The Morgan fingerprint density at radius 1 is 0.274 bits per heavy atom. The van der Waals surface area contributed by atoms with E-state index in [-0.39, 0.29) is 0 Å². The zero-order chi connectivity index (χ0) is 41.0. The summed E-state index contributed by atoms with van der Waals surface area (Å²) in [4.78, 5) is 10.7. The van der Waals surface area contributed by atoms with Crippen molar-refractivity contribution in [3.63, 3.8) is 0 Å². The van der Waals surface area contributed by atoms with E-state index in [1.165, 1.54) is 25.7 Å². The van der Waals surface area contributed by atoms with Crippen molar-refractivity contribution in [3.05, 3.63) is 218 Å². The summed E-state index contributed by atoms with van der Waals surface area (Å²) in [7, 11) is 0. The Kier molecular flexibility index (Phi) is 8.68. The van der Waals surface area contributed by atoms with Gasteiger partial charge in [-0.25, -0.2) is 9.97 Å². The van der Waals surface area contributed by atoms with E-state index in [0.717, 1.165) is 89.0 Å². The fraction of sp³-hybridized carbons (Fsp3) is 0. The highest BCUT2D eigenvalue weighted by Crippen LogP contribution is 2.41. The van der Waals surface area contributed by atoms with Crippen molar-refractivity contribution in [3.8, 4) is 78.4 Å². The Balaban J connectivity index is 1.07. The summed E-state index contributed by atoms with van der Waals surface area (Å²) < 4.78 is 8.82. The number of hydrogen-bond donors (Lipinski definition) is 0. The van der Waals surface area contributed by atoms with Crippen LogP contribution < -0.4 is 0 Å². The number of rotatable bonds is 7. The number of thiophene rings is 1. The van der Waals surface area contributed by atoms with Gasteiger partial charge in [0.25, 0.3) is 0 Å². The predicted molar refractivity (Wildman–Crippen MR) is 260 cm³/mol. The molecule has 0 atom stereocenters. The maximum atomic E-state index is 6.23. The zero-order valence-corrected chi connectivity index (χ0v) is 34.3. The van der Waals surface area contributed by atoms with Crippen LogP contribution in [-0.2, 0) is 0 Å². The van der Waals surface area contributed by atoms with Crippen molar-refractivity contribution in [2.75, 3.05) is 0 Å². The Morgan fingerprint density at radius 3 is 1.35 bits per heavy atom. The van der Waals surface area contributed by atoms with Crippen LogP contribution in [0.3, 0.4) is 0 Å². The Labute approximate surface area is 362 Å². The summed E-state index contributed by atoms with van der Waals surface area (Å²) in [5, 5.41) is 4.77. The van der Waals surface area contributed by atoms with Crippen LogP contribution in [0, 0.1) is 0 Å². The van der Waals surface area contributed by atoms with Crippen LogP contribution in [-0.4, -0.2) is 9.97 Å². The van der Waals surface area contributed by atoms with Crippen molar-refractivity contribution < 1.29 is 4.42 Å². The number of para-hydroxylation sites is 1. The van der Waals surface area contributed by atoms with Gasteiger partial charge in [0, 0.05) is 47.6 Å². The van der Waals surface area contributed by atoms with Gasteiger partial charge >= 0.3 is 0 Å². The smallest absolute Gasteiger partial charge is 0.160 e. The van der Waals surface area contributed by atoms with E-state index in [0.29, 0.717) is 5.82 Å². The molecule has 3 heterocycles. The first-order valence-corrected chi connectivity index (χ1v) is 21.7. The molecule has 0 aliphatic carbocycles. The fourth-order valence-electron chi connectivity index (χ4n) is 8.75. The molecule has 4 heteroatoms. The Morgan fingerprint density at radius 2 is 0.726 bits per heavy atom. The molecule has 0 amide bonds. The number of nitrogens with zero attached hydrogens (tertiary/aromatic N) is 2. The van der Waals surface area contributed by atoms with E-state index in [4.69, 9.17) is 14.4 Å². The van der Waals surface area contributed by atoms with Crippen molar-refractivity contribution >= 4 is 53.4 Å². The summed E-state index contributed by atoms with van der Waals surface area (Å²) in [5.74, 6) is 0.675. The van der Waals surface area contributed by atoms with Crippen LogP contribution in [0.4, 0.5) is 0 Å². The monoisotopic (exact) mass is 808 g/mol.